The lowest BCUT2D eigenvalue weighted by atomic mass is 9.93. The minimum Gasteiger partial charge on any atom is -0.466 e. The maximum atomic E-state index is 15.4. The molecular weight excluding hydrogens is 521 g/mol. The number of hydrogen-bond acceptors (Lipinski definition) is 6. The van der Waals surface area contributed by atoms with Crippen molar-refractivity contribution in [1.82, 2.24) is 19.5 Å². The van der Waals surface area contributed by atoms with Crippen molar-refractivity contribution in [3.05, 3.63) is 82.8 Å². The van der Waals surface area contributed by atoms with Gasteiger partial charge in [-0.05, 0) is 67.9 Å². The number of carbonyl (C=O) groups is 2. The van der Waals surface area contributed by atoms with Gasteiger partial charge in [-0.1, -0.05) is 30.3 Å². The summed E-state index contributed by atoms with van der Waals surface area (Å²) in [6.07, 6.45) is 2.54. The number of hydrogen-bond donors (Lipinski definition) is 0. The number of rotatable bonds is 6. The molecule has 9 heteroatoms. The number of fused-ring (bicyclic) bond motifs is 2. The number of aromatic nitrogens is 3. The van der Waals surface area contributed by atoms with Gasteiger partial charge >= 0.3 is 5.97 Å². The molecule has 2 aromatic carbocycles. The molecule has 4 heterocycles. The minimum absolute atomic E-state index is 0.0175. The molecule has 1 saturated carbocycles. The van der Waals surface area contributed by atoms with Crippen molar-refractivity contribution >= 4 is 23.3 Å². The van der Waals surface area contributed by atoms with Crippen LogP contribution in [0.1, 0.15) is 65.8 Å². The summed E-state index contributed by atoms with van der Waals surface area (Å²) in [4.78, 5) is 34.7. The highest BCUT2D eigenvalue weighted by molar-refractivity contribution is 5.94. The van der Waals surface area contributed by atoms with Crippen molar-refractivity contribution in [3.8, 4) is 11.3 Å². The third kappa shape index (κ3) is 4.44. The molecule has 1 aliphatic carbocycles. The fraction of sp³-hybridized carbons (Fsp3) is 0.375. The van der Waals surface area contributed by atoms with Crippen LogP contribution in [0.25, 0.3) is 16.9 Å². The summed E-state index contributed by atoms with van der Waals surface area (Å²) in [5, 5.41) is 4.74. The summed E-state index contributed by atoms with van der Waals surface area (Å²) >= 11 is 0. The molecule has 0 bridgehead atoms. The van der Waals surface area contributed by atoms with Crippen LogP contribution in [-0.2, 0) is 16.0 Å². The van der Waals surface area contributed by atoms with Gasteiger partial charge in [0.2, 0.25) is 0 Å². The maximum absolute atomic E-state index is 15.4. The molecule has 0 unspecified atom stereocenters. The van der Waals surface area contributed by atoms with Gasteiger partial charge in [0, 0.05) is 37.3 Å². The van der Waals surface area contributed by atoms with E-state index < -0.39 is 5.82 Å². The second-order valence-electron chi connectivity index (χ2n) is 11.2. The summed E-state index contributed by atoms with van der Waals surface area (Å²) < 4.78 is 22.3. The van der Waals surface area contributed by atoms with Crippen LogP contribution >= 0.6 is 0 Å². The lowest BCUT2D eigenvalue weighted by molar-refractivity contribution is -0.144. The van der Waals surface area contributed by atoms with Crippen LogP contribution in [0, 0.1) is 11.7 Å². The van der Waals surface area contributed by atoms with E-state index in [1.807, 2.05) is 29.2 Å². The predicted octanol–water partition coefficient (Wildman–Crippen LogP) is 5.17. The highest BCUT2D eigenvalue weighted by Crippen LogP contribution is 2.48. The van der Waals surface area contributed by atoms with E-state index in [1.165, 1.54) is 17.2 Å². The van der Waals surface area contributed by atoms with Gasteiger partial charge in [0.05, 0.1) is 24.3 Å². The summed E-state index contributed by atoms with van der Waals surface area (Å²) in [5.74, 6) is -0.173. The Kier molecular flexibility index (Phi) is 6.25. The molecule has 3 atom stereocenters. The first-order valence-corrected chi connectivity index (χ1v) is 14.4. The molecule has 3 aliphatic rings. The van der Waals surface area contributed by atoms with Gasteiger partial charge in [0.25, 0.3) is 5.91 Å². The van der Waals surface area contributed by atoms with Crippen molar-refractivity contribution in [2.24, 2.45) is 5.92 Å². The first-order chi connectivity index (χ1) is 19.9. The van der Waals surface area contributed by atoms with Crippen LogP contribution in [0.2, 0.25) is 0 Å². The summed E-state index contributed by atoms with van der Waals surface area (Å²) in [7, 11) is 0. The normalized spacial score (nSPS) is 21.4. The van der Waals surface area contributed by atoms with E-state index in [0.29, 0.717) is 42.2 Å². The zero-order valence-electron chi connectivity index (χ0n) is 23.2. The number of ether oxygens (including phenoxy) is 1. The largest absolute Gasteiger partial charge is 0.466 e. The van der Waals surface area contributed by atoms with Crippen LogP contribution in [-0.4, -0.2) is 57.6 Å². The van der Waals surface area contributed by atoms with Crippen LogP contribution in [0.4, 0.5) is 10.2 Å². The SMILES string of the molecule is CCOC(=O)[C@H]1C[C@@H]1c1ccc(-c2cc3nc(C(=O)N4CCc5ccccc5[C@H]4C)cc(N4CCC4)n3n2)c(F)c1. The first-order valence-electron chi connectivity index (χ1n) is 14.4. The summed E-state index contributed by atoms with van der Waals surface area (Å²) in [6, 6.07) is 16.9. The Labute approximate surface area is 237 Å². The van der Waals surface area contributed by atoms with Gasteiger partial charge in [0.15, 0.2) is 5.65 Å². The molecule has 2 fully saturated rings. The van der Waals surface area contributed by atoms with Gasteiger partial charge in [-0.25, -0.2) is 9.37 Å². The molecule has 0 N–H and O–H groups in total. The molecule has 8 nitrogen and oxygen atoms in total. The monoisotopic (exact) mass is 553 g/mol. The molecule has 1 amide bonds. The lowest BCUT2D eigenvalue weighted by Crippen LogP contribution is -2.40. The Morgan fingerprint density at radius 2 is 1.90 bits per heavy atom. The van der Waals surface area contributed by atoms with Gasteiger partial charge in [-0.2, -0.15) is 9.61 Å². The zero-order valence-corrected chi connectivity index (χ0v) is 23.2. The van der Waals surface area contributed by atoms with Crippen molar-refractivity contribution in [1.29, 1.82) is 0 Å². The van der Waals surface area contributed by atoms with E-state index >= 15 is 4.39 Å². The molecule has 1 saturated heterocycles. The zero-order chi connectivity index (χ0) is 28.2. The van der Waals surface area contributed by atoms with Gasteiger partial charge < -0.3 is 14.5 Å². The third-order valence-electron chi connectivity index (χ3n) is 8.74. The molecule has 0 spiro atoms. The van der Waals surface area contributed by atoms with E-state index in [1.54, 1.807) is 23.6 Å². The van der Waals surface area contributed by atoms with Crippen molar-refractivity contribution in [2.75, 3.05) is 31.1 Å². The Morgan fingerprint density at radius 3 is 2.66 bits per heavy atom. The minimum atomic E-state index is -0.400. The van der Waals surface area contributed by atoms with Crippen molar-refractivity contribution in [2.45, 2.75) is 45.1 Å². The quantitative estimate of drug-likeness (QED) is 0.307. The van der Waals surface area contributed by atoms with Gasteiger partial charge in [-0.15, -0.1) is 0 Å². The maximum Gasteiger partial charge on any atom is 0.309 e. The van der Waals surface area contributed by atoms with Crippen LogP contribution in [0.5, 0.6) is 0 Å². The van der Waals surface area contributed by atoms with Crippen LogP contribution in [0.15, 0.2) is 54.6 Å². The Hall–Kier alpha value is -4.27. The third-order valence-corrected chi connectivity index (χ3v) is 8.74. The second-order valence-corrected chi connectivity index (χ2v) is 11.2. The van der Waals surface area contributed by atoms with Crippen molar-refractivity contribution < 1.29 is 18.7 Å². The van der Waals surface area contributed by atoms with Crippen LogP contribution in [0.3, 0.4) is 0 Å². The number of carbonyl (C=O) groups excluding carboxylic acids is 2. The van der Waals surface area contributed by atoms with E-state index in [-0.39, 0.29) is 29.8 Å². The number of benzene rings is 2. The van der Waals surface area contributed by atoms with Crippen molar-refractivity contribution in [3.63, 3.8) is 0 Å². The Bertz CT molecular complexity index is 1680. The van der Waals surface area contributed by atoms with E-state index in [0.717, 1.165) is 37.3 Å². The smallest absolute Gasteiger partial charge is 0.309 e. The average Bonchev–Trinajstić information content (AvgIpc) is 3.64. The standard InChI is InChI=1S/C32H32FN5O3/c1-3-41-32(40)25-16-24(25)21-9-10-23(26(33)15-21)27-17-29-34-28(18-30(38(29)35-27)36-12-6-13-36)31(39)37-14-11-20-7-4-5-8-22(20)19(37)2/h4-5,7-10,15,17-19,24-25H,3,6,11-14,16H2,1-2H3/t19-,24-,25+/m1/s1. The molecular formula is C32H32FN5O3. The molecule has 4 aromatic rings. The van der Waals surface area contributed by atoms with Crippen LogP contribution < -0.4 is 4.90 Å². The fourth-order valence-corrected chi connectivity index (χ4v) is 6.21. The molecule has 7 rings (SSSR count). The predicted molar refractivity (Wildman–Crippen MR) is 152 cm³/mol. The fourth-order valence-electron chi connectivity index (χ4n) is 6.21. The highest BCUT2D eigenvalue weighted by atomic mass is 19.1. The molecule has 210 valence electrons. The average molecular weight is 554 g/mol. The summed E-state index contributed by atoms with van der Waals surface area (Å²) in [5.41, 5.74) is 4.92. The van der Waals surface area contributed by atoms with Gasteiger partial charge in [0.1, 0.15) is 17.3 Å². The molecule has 2 aliphatic heterocycles. The molecule has 0 radical (unpaired) electrons. The van der Waals surface area contributed by atoms with Gasteiger partial charge in [-0.3, -0.25) is 9.59 Å². The van der Waals surface area contributed by atoms with E-state index in [9.17, 15) is 9.59 Å². The second kappa shape index (κ2) is 9.98. The lowest BCUT2D eigenvalue weighted by Gasteiger charge is -2.36. The first kappa shape index (κ1) is 25.7. The topological polar surface area (TPSA) is 80.0 Å². The Morgan fingerprint density at radius 1 is 1.07 bits per heavy atom. The number of nitrogens with zero attached hydrogens (tertiary/aromatic N) is 5. The molecule has 2 aromatic heterocycles. The number of esters is 1. The van der Waals surface area contributed by atoms with E-state index in [4.69, 9.17) is 14.8 Å². The number of anilines is 1. The Balaban J connectivity index is 1.21. The number of halogens is 1. The van der Waals surface area contributed by atoms with E-state index in [2.05, 4.69) is 24.0 Å². The highest BCUT2D eigenvalue weighted by Gasteiger charge is 2.45. The molecule has 41 heavy (non-hydrogen) atoms. The summed E-state index contributed by atoms with van der Waals surface area (Å²) in [6.45, 7) is 6.54. The number of amides is 1.